The van der Waals surface area contributed by atoms with Gasteiger partial charge in [0.1, 0.15) is 0 Å². The van der Waals surface area contributed by atoms with E-state index in [-0.39, 0.29) is 24.8 Å². The third kappa shape index (κ3) is 2.58. The molecule has 118 valence electrons. The lowest BCUT2D eigenvalue weighted by Gasteiger charge is -2.33. The van der Waals surface area contributed by atoms with Crippen molar-refractivity contribution < 1.29 is 19.5 Å². The Morgan fingerprint density at radius 3 is 2.24 bits per heavy atom. The standard InChI is InChI=1S/C16H25NO4/c1-3-15(4-2,14(20)21)11-17-12(18)10-16(13(17)19)8-6-5-7-9-16/h3-11H2,1-2H3,(H,20,21). The van der Waals surface area contributed by atoms with Crippen LogP contribution in [0.4, 0.5) is 0 Å². The van der Waals surface area contributed by atoms with Crippen LogP contribution in [0.1, 0.15) is 65.2 Å². The smallest absolute Gasteiger partial charge is 0.311 e. The second-order valence-electron chi connectivity index (χ2n) is 6.60. The maximum Gasteiger partial charge on any atom is 0.311 e. The van der Waals surface area contributed by atoms with Crippen molar-refractivity contribution in [1.82, 2.24) is 4.90 Å². The molecule has 2 rings (SSSR count). The summed E-state index contributed by atoms with van der Waals surface area (Å²) in [4.78, 5) is 37.9. The molecule has 21 heavy (non-hydrogen) atoms. The predicted molar refractivity (Wildman–Crippen MR) is 77.5 cm³/mol. The molecule has 1 saturated carbocycles. The van der Waals surface area contributed by atoms with Gasteiger partial charge in [0.05, 0.1) is 10.8 Å². The molecule has 0 aromatic carbocycles. The van der Waals surface area contributed by atoms with Gasteiger partial charge in [-0.25, -0.2) is 0 Å². The van der Waals surface area contributed by atoms with Gasteiger partial charge in [-0.05, 0) is 25.7 Å². The molecule has 0 bridgehead atoms. The molecule has 0 aromatic rings. The zero-order valence-corrected chi connectivity index (χ0v) is 13.0. The molecule has 1 aliphatic heterocycles. The van der Waals surface area contributed by atoms with Gasteiger partial charge in [0.25, 0.3) is 0 Å². The van der Waals surface area contributed by atoms with Crippen LogP contribution < -0.4 is 0 Å². The van der Waals surface area contributed by atoms with Crippen LogP contribution in [0.2, 0.25) is 0 Å². The number of carboxylic acids is 1. The molecule has 2 aliphatic rings. The molecule has 1 saturated heterocycles. The van der Waals surface area contributed by atoms with Gasteiger partial charge in [-0.2, -0.15) is 0 Å². The average molecular weight is 295 g/mol. The number of hydrogen-bond donors (Lipinski definition) is 1. The largest absolute Gasteiger partial charge is 0.481 e. The number of likely N-dealkylation sites (tertiary alicyclic amines) is 1. The molecule has 0 aromatic heterocycles. The van der Waals surface area contributed by atoms with Crippen LogP contribution in [0.5, 0.6) is 0 Å². The topological polar surface area (TPSA) is 74.7 Å². The molecule has 1 N–H and O–H groups in total. The van der Waals surface area contributed by atoms with E-state index >= 15 is 0 Å². The van der Waals surface area contributed by atoms with Crippen molar-refractivity contribution in [3.8, 4) is 0 Å². The molecule has 0 atom stereocenters. The van der Waals surface area contributed by atoms with Crippen LogP contribution in [0.3, 0.4) is 0 Å². The highest BCUT2D eigenvalue weighted by Gasteiger charge is 2.53. The van der Waals surface area contributed by atoms with Crippen LogP contribution in [-0.4, -0.2) is 34.3 Å². The van der Waals surface area contributed by atoms with E-state index in [0.717, 1.165) is 32.1 Å². The highest BCUT2D eigenvalue weighted by atomic mass is 16.4. The van der Waals surface area contributed by atoms with Crippen molar-refractivity contribution >= 4 is 17.8 Å². The Hall–Kier alpha value is -1.39. The summed E-state index contributed by atoms with van der Waals surface area (Å²) in [7, 11) is 0. The fourth-order valence-electron chi connectivity index (χ4n) is 3.79. The van der Waals surface area contributed by atoms with Crippen molar-refractivity contribution in [2.24, 2.45) is 10.8 Å². The van der Waals surface area contributed by atoms with E-state index in [1.54, 1.807) is 13.8 Å². The lowest BCUT2D eigenvalue weighted by Crippen LogP contribution is -2.46. The van der Waals surface area contributed by atoms with Crippen LogP contribution in [-0.2, 0) is 14.4 Å². The normalized spacial score (nSPS) is 22.1. The first-order valence-electron chi connectivity index (χ1n) is 7.99. The minimum Gasteiger partial charge on any atom is -0.481 e. The van der Waals surface area contributed by atoms with Gasteiger partial charge in [-0.3, -0.25) is 19.3 Å². The number of hydrogen-bond acceptors (Lipinski definition) is 3. The summed E-state index contributed by atoms with van der Waals surface area (Å²) in [5, 5.41) is 9.51. The van der Waals surface area contributed by atoms with Gasteiger partial charge in [-0.1, -0.05) is 33.1 Å². The fourth-order valence-corrected chi connectivity index (χ4v) is 3.79. The first-order chi connectivity index (χ1) is 9.91. The van der Waals surface area contributed by atoms with E-state index in [4.69, 9.17) is 0 Å². The van der Waals surface area contributed by atoms with E-state index in [0.29, 0.717) is 12.8 Å². The van der Waals surface area contributed by atoms with Crippen LogP contribution in [0.15, 0.2) is 0 Å². The third-order valence-electron chi connectivity index (χ3n) is 5.57. The SMILES string of the molecule is CCC(CC)(CN1C(=O)CC2(CCCCC2)C1=O)C(=O)O. The molecule has 5 nitrogen and oxygen atoms in total. The number of rotatable bonds is 5. The Kier molecular flexibility index (Phi) is 4.40. The van der Waals surface area contributed by atoms with Crippen molar-refractivity contribution in [2.75, 3.05) is 6.54 Å². The number of nitrogens with zero attached hydrogens (tertiary/aromatic N) is 1. The van der Waals surface area contributed by atoms with Crippen LogP contribution in [0, 0.1) is 10.8 Å². The molecule has 0 unspecified atom stereocenters. The molecular formula is C16H25NO4. The second kappa shape index (κ2) is 5.78. The van der Waals surface area contributed by atoms with Gasteiger partial charge >= 0.3 is 5.97 Å². The number of aliphatic carboxylic acids is 1. The van der Waals surface area contributed by atoms with Gasteiger partial charge in [0, 0.05) is 13.0 Å². The Bertz CT molecular complexity index is 447. The van der Waals surface area contributed by atoms with Crippen molar-refractivity contribution in [1.29, 1.82) is 0 Å². The van der Waals surface area contributed by atoms with Crippen molar-refractivity contribution in [3.05, 3.63) is 0 Å². The summed E-state index contributed by atoms with van der Waals surface area (Å²) in [6, 6.07) is 0. The van der Waals surface area contributed by atoms with Crippen LogP contribution >= 0.6 is 0 Å². The monoisotopic (exact) mass is 295 g/mol. The lowest BCUT2D eigenvalue weighted by atomic mass is 9.73. The molecule has 2 amide bonds. The summed E-state index contributed by atoms with van der Waals surface area (Å²) in [5.74, 6) is -1.23. The Labute approximate surface area is 125 Å². The fraction of sp³-hybridized carbons (Fsp3) is 0.812. The molecular weight excluding hydrogens is 270 g/mol. The average Bonchev–Trinajstić information content (AvgIpc) is 2.69. The second-order valence-corrected chi connectivity index (χ2v) is 6.60. The van der Waals surface area contributed by atoms with E-state index < -0.39 is 16.8 Å². The van der Waals surface area contributed by atoms with Crippen molar-refractivity contribution in [2.45, 2.75) is 65.2 Å². The summed E-state index contributed by atoms with van der Waals surface area (Å²) < 4.78 is 0. The molecule has 1 heterocycles. The lowest BCUT2D eigenvalue weighted by molar-refractivity contribution is -0.154. The zero-order chi connectivity index (χ0) is 15.7. The molecule has 1 spiro atoms. The minimum atomic E-state index is -1.01. The summed E-state index contributed by atoms with van der Waals surface area (Å²) in [6.07, 6.45) is 5.74. The number of carbonyl (C=O) groups excluding carboxylic acids is 2. The van der Waals surface area contributed by atoms with Gasteiger partial charge in [0.15, 0.2) is 0 Å². The highest BCUT2D eigenvalue weighted by molar-refractivity contribution is 6.06. The highest BCUT2D eigenvalue weighted by Crippen LogP contribution is 2.46. The van der Waals surface area contributed by atoms with Crippen LogP contribution in [0.25, 0.3) is 0 Å². The first-order valence-corrected chi connectivity index (χ1v) is 7.99. The van der Waals surface area contributed by atoms with Gasteiger partial charge in [-0.15, -0.1) is 0 Å². The minimum absolute atomic E-state index is 0.0226. The van der Waals surface area contributed by atoms with Crippen molar-refractivity contribution in [3.63, 3.8) is 0 Å². The maximum atomic E-state index is 12.7. The van der Waals surface area contributed by atoms with E-state index in [9.17, 15) is 19.5 Å². The molecule has 2 fully saturated rings. The number of imide groups is 1. The van der Waals surface area contributed by atoms with Gasteiger partial charge in [0.2, 0.25) is 11.8 Å². The molecule has 0 radical (unpaired) electrons. The predicted octanol–water partition coefficient (Wildman–Crippen LogP) is 2.59. The van der Waals surface area contributed by atoms with Gasteiger partial charge < -0.3 is 5.11 Å². The third-order valence-corrected chi connectivity index (χ3v) is 5.57. The summed E-state index contributed by atoms with van der Waals surface area (Å²) in [5.41, 5.74) is -1.54. The first kappa shape index (κ1) is 16.0. The Balaban J connectivity index is 2.22. The maximum absolute atomic E-state index is 12.7. The molecule has 1 aliphatic carbocycles. The number of amides is 2. The number of carboxylic acid groups (broad SMARTS) is 1. The zero-order valence-electron chi connectivity index (χ0n) is 13.0. The van der Waals surface area contributed by atoms with E-state index in [1.807, 2.05) is 0 Å². The Morgan fingerprint density at radius 2 is 1.76 bits per heavy atom. The summed E-state index contributed by atoms with van der Waals surface area (Å²) in [6.45, 7) is 3.63. The van der Waals surface area contributed by atoms with E-state index in [2.05, 4.69) is 0 Å². The number of carbonyl (C=O) groups is 3. The summed E-state index contributed by atoms with van der Waals surface area (Å²) >= 11 is 0. The van der Waals surface area contributed by atoms with E-state index in [1.165, 1.54) is 4.90 Å². The quantitative estimate of drug-likeness (QED) is 0.791. The Morgan fingerprint density at radius 1 is 1.19 bits per heavy atom. The molecule has 5 heteroatoms.